The number of guanidine groups is 1. The Morgan fingerprint density at radius 3 is 2.63 bits per heavy atom. The average Bonchev–Trinajstić information content (AvgIpc) is 2.56. The molecule has 2 N–H and O–H groups in total. The molecule has 0 aromatic heterocycles. The standard InChI is InChI=1S/C19H32FN3O3S/c1-5-21-19(22-9-6-10-26-13-15(2)3)23-12-17-11-18(20)8-7-16(17)14-27(4,24)25/h7-8,11,15H,5-6,9-10,12-14H2,1-4H3,(H2,21,22,23). The van der Waals surface area contributed by atoms with Gasteiger partial charge < -0.3 is 15.4 Å². The highest BCUT2D eigenvalue weighted by Gasteiger charge is 2.10. The van der Waals surface area contributed by atoms with Gasteiger partial charge in [-0.05, 0) is 42.5 Å². The van der Waals surface area contributed by atoms with Crippen LogP contribution in [-0.2, 0) is 26.9 Å². The summed E-state index contributed by atoms with van der Waals surface area (Å²) in [5.41, 5.74) is 1.14. The van der Waals surface area contributed by atoms with Gasteiger partial charge in [0, 0.05) is 32.6 Å². The summed E-state index contributed by atoms with van der Waals surface area (Å²) in [6.07, 6.45) is 2.01. The highest BCUT2D eigenvalue weighted by atomic mass is 32.2. The van der Waals surface area contributed by atoms with E-state index in [4.69, 9.17) is 4.74 Å². The molecule has 8 heteroatoms. The molecule has 1 rings (SSSR count). The number of rotatable bonds is 11. The van der Waals surface area contributed by atoms with E-state index in [2.05, 4.69) is 29.5 Å². The summed E-state index contributed by atoms with van der Waals surface area (Å²) < 4.78 is 42.3. The van der Waals surface area contributed by atoms with Crippen molar-refractivity contribution in [2.45, 2.75) is 39.5 Å². The fourth-order valence-electron chi connectivity index (χ4n) is 2.37. The Labute approximate surface area is 162 Å². The zero-order chi connectivity index (χ0) is 20.3. The number of hydrogen-bond donors (Lipinski definition) is 2. The first-order valence-corrected chi connectivity index (χ1v) is 11.3. The predicted octanol–water partition coefficient (Wildman–Crippen LogP) is 2.49. The van der Waals surface area contributed by atoms with Crippen LogP contribution < -0.4 is 10.6 Å². The number of benzene rings is 1. The van der Waals surface area contributed by atoms with Gasteiger partial charge in [0.05, 0.1) is 12.3 Å². The zero-order valence-corrected chi connectivity index (χ0v) is 17.5. The third-order valence-electron chi connectivity index (χ3n) is 3.55. The normalized spacial score (nSPS) is 12.4. The summed E-state index contributed by atoms with van der Waals surface area (Å²) >= 11 is 0. The first-order valence-electron chi connectivity index (χ1n) is 9.26. The Bertz CT molecular complexity index is 706. The SMILES string of the molecule is CCNC(=NCc1cc(F)ccc1CS(C)(=O)=O)NCCCOCC(C)C. The molecule has 1 aromatic carbocycles. The first kappa shape index (κ1) is 23.4. The van der Waals surface area contributed by atoms with Crippen molar-refractivity contribution < 1.29 is 17.5 Å². The predicted molar refractivity (Wildman–Crippen MR) is 108 cm³/mol. The monoisotopic (exact) mass is 401 g/mol. The maximum absolute atomic E-state index is 13.6. The van der Waals surface area contributed by atoms with Gasteiger partial charge in [-0.15, -0.1) is 0 Å². The van der Waals surface area contributed by atoms with Crippen LogP contribution in [0.3, 0.4) is 0 Å². The first-order chi connectivity index (χ1) is 12.7. The minimum Gasteiger partial charge on any atom is -0.381 e. The molecule has 0 aliphatic carbocycles. The molecule has 0 bridgehead atoms. The molecule has 0 fully saturated rings. The van der Waals surface area contributed by atoms with Crippen LogP contribution in [-0.4, -0.2) is 46.9 Å². The van der Waals surface area contributed by atoms with Gasteiger partial charge in [0.15, 0.2) is 15.8 Å². The summed E-state index contributed by atoms with van der Waals surface area (Å²) in [5, 5.41) is 6.34. The van der Waals surface area contributed by atoms with Gasteiger partial charge in [0.25, 0.3) is 0 Å². The van der Waals surface area contributed by atoms with Gasteiger partial charge in [-0.1, -0.05) is 19.9 Å². The van der Waals surface area contributed by atoms with Crippen molar-refractivity contribution in [1.82, 2.24) is 10.6 Å². The molecule has 0 radical (unpaired) electrons. The van der Waals surface area contributed by atoms with Crippen LogP contribution in [0.5, 0.6) is 0 Å². The minimum absolute atomic E-state index is 0.130. The van der Waals surface area contributed by atoms with Gasteiger partial charge in [-0.2, -0.15) is 0 Å². The van der Waals surface area contributed by atoms with Crippen LogP contribution in [0.25, 0.3) is 0 Å². The number of hydrogen-bond acceptors (Lipinski definition) is 4. The summed E-state index contributed by atoms with van der Waals surface area (Å²) in [6.45, 7) is 9.18. The molecule has 0 aliphatic heterocycles. The van der Waals surface area contributed by atoms with Crippen molar-refractivity contribution in [3.05, 3.63) is 35.1 Å². The Balaban J connectivity index is 2.67. The number of nitrogens with zero attached hydrogens (tertiary/aromatic N) is 1. The fraction of sp³-hybridized carbons (Fsp3) is 0.632. The number of ether oxygens (including phenoxy) is 1. The largest absolute Gasteiger partial charge is 0.381 e. The third-order valence-corrected chi connectivity index (χ3v) is 4.38. The van der Waals surface area contributed by atoms with E-state index >= 15 is 0 Å². The lowest BCUT2D eigenvalue weighted by atomic mass is 10.1. The van der Waals surface area contributed by atoms with Crippen molar-refractivity contribution in [2.75, 3.05) is 32.6 Å². The second-order valence-corrected chi connectivity index (χ2v) is 9.07. The van der Waals surface area contributed by atoms with E-state index in [0.717, 1.165) is 19.3 Å². The van der Waals surface area contributed by atoms with E-state index in [-0.39, 0.29) is 12.3 Å². The maximum atomic E-state index is 13.6. The smallest absolute Gasteiger partial charge is 0.191 e. The second kappa shape index (κ2) is 11.9. The van der Waals surface area contributed by atoms with Crippen LogP contribution in [0.1, 0.15) is 38.3 Å². The lowest BCUT2D eigenvalue weighted by Gasteiger charge is -2.13. The van der Waals surface area contributed by atoms with E-state index in [9.17, 15) is 12.8 Å². The molecular weight excluding hydrogens is 369 g/mol. The van der Waals surface area contributed by atoms with Crippen LogP contribution in [0, 0.1) is 11.7 Å². The Morgan fingerprint density at radius 2 is 2.00 bits per heavy atom. The van der Waals surface area contributed by atoms with Crippen molar-refractivity contribution in [2.24, 2.45) is 10.9 Å². The average molecular weight is 402 g/mol. The lowest BCUT2D eigenvalue weighted by molar-refractivity contribution is 0.108. The molecule has 0 amide bonds. The molecule has 27 heavy (non-hydrogen) atoms. The van der Waals surface area contributed by atoms with E-state index < -0.39 is 15.7 Å². The van der Waals surface area contributed by atoms with Gasteiger partial charge >= 0.3 is 0 Å². The molecule has 0 heterocycles. The summed E-state index contributed by atoms with van der Waals surface area (Å²) in [5.74, 6) is 0.591. The van der Waals surface area contributed by atoms with Crippen LogP contribution in [0.2, 0.25) is 0 Å². The van der Waals surface area contributed by atoms with Gasteiger partial charge in [-0.25, -0.2) is 17.8 Å². The van der Waals surface area contributed by atoms with E-state index in [1.807, 2.05) is 6.92 Å². The highest BCUT2D eigenvalue weighted by Crippen LogP contribution is 2.15. The Kier molecular flexibility index (Phi) is 10.3. The van der Waals surface area contributed by atoms with Gasteiger partial charge in [0.2, 0.25) is 0 Å². The van der Waals surface area contributed by atoms with Crippen molar-refractivity contribution in [1.29, 1.82) is 0 Å². The Hall–Kier alpha value is -1.67. The summed E-state index contributed by atoms with van der Waals surface area (Å²) in [4.78, 5) is 4.45. The van der Waals surface area contributed by atoms with Gasteiger partial charge in [0.1, 0.15) is 5.82 Å². The molecule has 0 saturated heterocycles. The Morgan fingerprint density at radius 1 is 1.26 bits per heavy atom. The summed E-state index contributed by atoms with van der Waals surface area (Å²) in [7, 11) is -3.21. The molecule has 6 nitrogen and oxygen atoms in total. The van der Waals surface area contributed by atoms with E-state index in [1.54, 1.807) is 0 Å². The minimum atomic E-state index is -3.21. The van der Waals surface area contributed by atoms with Crippen molar-refractivity contribution in [3.8, 4) is 0 Å². The zero-order valence-electron chi connectivity index (χ0n) is 16.7. The lowest BCUT2D eigenvalue weighted by Crippen LogP contribution is -2.38. The van der Waals surface area contributed by atoms with E-state index in [1.165, 1.54) is 18.2 Å². The molecule has 154 valence electrons. The number of nitrogens with one attached hydrogen (secondary N) is 2. The molecular formula is C19H32FN3O3S. The number of aliphatic imine (C=N–C) groups is 1. The summed E-state index contributed by atoms with van der Waals surface area (Å²) in [6, 6.07) is 4.12. The molecule has 1 aromatic rings. The molecule has 0 aliphatic rings. The van der Waals surface area contributed by atoms with Gasteiger partial charge in [-0.3, -0.25) is 0 Å². The molecule has 0 spiro atoms. The quantitative estimate of drug-likeness (QED) is 0.338. The van der Waals surface area contributed by atoms with Crippen LogP contribution in [0.15, 0.2) is 23.2 Å². The highest BCUT2D eigenvalue weighted by molar-refractivity contribution is 7.89. The van der Waals surface area contributed by atoms with Crippen molar-refractivity contribution >= 4 is 15.8 Å². The topological polar surface area (TPSA) is 79.8 Å². The molecule has 0 saturated carbocycles. The maximum Gasteiger partial charge on any atom is 0.191 e. The fourth-order valence-corrected chi connectivity index (χ4v) is 3.22. The van der Waals surface area contributed by atoms with Crippen LogP contribution in [0.4, 0.5) is 4.39 Å². The molecule has 0 unspecified atom stereocenters. The third kappa shape index (κ3) is 10.9. The number of sulfone groups is 1. The second-order valence-electron chi connectivity index (χ2n) is 6.93. The van der Waals surface area contributed by atoms with Crippen molar-refractivity contribution in [3.63, 3.8) is 0 Å². The van der Waals surface area contributed by atoms with Crippen LogP contribution >= 0.6 is 0 Å². The number of halogens is 1. The van der Waals surface area contributed by atoms with E-state index in [0.29, 0.717) is 42.7 Å². The molecule has 0 atom stereocenters.